The van der Waals surface area contributed by atoms with E-state index in [1.165, 1.54) is 25.3 Å². The molecule has 0 aromatic heterocycles. The molecule has 19 heavy (non-hydrogen) atoms. The second kappa shape index (κ2) is 5.58. The highest BCUT2D eigenvalue weighted by Crippen LogP contribution is 2.47. The average molecular weight is 267 g/mol. The average Bonchev–Trinajstić information content (AvgIpc) is 2.34. The Kier molecular flexibility index (Phi) is 4.24. The Balaban J connectivity index is 2.33. The lowest BCUT2D eigenvalue weighted by atomic mass is 9.65. The first-order valence-electron chi connectivity index (χ1n) is 7.08. The van der Waals surface area contributed by atoms with E-state index in [2.05, 4.69) is 19.2 Å². The molecule has 1 saturated carbocycles. The van der Waals surface area contributed by atoms with Gasteiger partial charge in [-0.05, 0) is 37.3 Å². The van der Waals surface area contributed by atoms with Crippen LogP contribution in [0, 0.1) is 23.0 Å². The van der Waals surface area contributed by atoms with Crippen molar-refractivity contribution in [2.24, 2.45) is 11.3 Å². The highest BCUT2D eigenvalue weighted by atomic mass is 19.1. The Morgan fingerprint density at radius 1 is 1.26 bits per heavy atom. The minimum Gasteiger partial charge on any atom is -0.313 e. The maximum Gasteiger partial charge on any atom is 0.130 e. The molecule has 1 fully saturated rings. The summed E-state index contributed by atoms with van der Waals surface area (Å²) in [5.41, 5.74) is 0.774. The zero-order chi connectivity index (χ0) is 14.0. The standard InChI is InChI=1S/C16H23F2N/c1-16(2)9-5-4-6-13(16)15(19-3)12-8-7-11(17)10-14(12)18/h7-8,10,13,15,19H,4-6,9H2,1-3H3. The van der Waals surface area contributed by atoms with E-state index in [0.717, 1.165) is 12.5 Å². The fourth-order valence-corrected chi connectivity index (χ4v) is 3.47. The summed E-state index contributed by atoms with van der Waals surface area (Å²) in [5, 5.41) is 3.24. The van der Waals surface area contributed by atoms with Crippen molar-refractivity contribution in [3.8, 4) is 0 Å². The van der Waals surface area contributed by atoms with E-state index in [1.807, 2.05) is 7.05 Å². The lowest BCUT2D eigenvalue weighted by Crippen LogP contribution is -2.38. The van der Waals surface area contributed by atoms with E-state index in [4.69, 9.17) is 0 Å². The third kappa shape index (κ3) is 2.97. The SMILES string of the molecule is CNC(c1ccc(F)cc1F)C1CCCCC1(C)C. The van der Waals surface area contributed by atoms with Crippen molar-refractivity contribution in [3.63, 3.8) is 0 Å². The normalized spacial score (nSPS) is 24.2. The van der Waals surface area contributed by atoms with Crippen molar-refractivity contribution < 1.29 is 8.78 Å². The van der Waals surface area contributed by atoms with E-state index in [0.29, 0.717) is 11.5 Å². The molecular weight excluding hydrogens is 244 g/mol. The molecule has 1 aliphatic rings. The number of halogens is 2. The quantitative estimate of drug-likeness (QED) is 0.853. The summed E-state index contributed by atoms with van der Waals surface area (Å²) in [7, 11) is 1.86. The van der Waals surface area contributed by atoms with Crippen molar-refractivity contribution in [1.82, 2.24) is 5.32 Å². The van der Waals surface area contributed by atoms with Crippen LogP contribution in [-0.4, -0.2) is 7.05 Å². The highest BCUT2D eigenvalue weighted by Gasteiger charge is 2.38. The van der Waals surface area contributed by atoms with Crippen LogP contribution in [0.25, 0.3) is 0 Å². The van der Waals surface area contributed by atoms with E-state index in [-0.39, 0.29) is 11.5 Å². The van der Waals surface area contributed by atoms with Gasteiger partial charge in [0.05, 0.1) is 0 Å². The smallest absolute Gasteiger partial charge is 0.130 e. The molecule has 1 N–H and O–H groups in total. The molecule has 2 unspecified atom stereocenters. The molecule has 0 radical (unpaired) electrons. The van der Waals surface area contributed by atoms with Gasteiger partial charge in [0.25, 0.3) is 0 Å². The molecule has 0 heterocycles. The minimum absolute atomic E-state index is 0.0455. The van der Waals surface area contributed by atoms with Gasteiger partial charge in [-0.2, -0.15) is 0 Å². The van der Waals surface area contributed by atoms with Crippen LogP contribution in [-0.2, 0) is 0 Å². The Labute approximate surface area is 114 Å². The number of benzene rings is 1. The highest BCUT2D eigenvalue weighted by molar-refractivity contribution is 5.23. The van der Waals surface area contributed by atoms with Gasteiger partial charge in [-0.25, -0.2) is 8.78 Å². The van der Waals surface area contributed by atoms with Gasteiger partial charge in [0.1, 0.15) is 11.6 Å². The van der Waals surface area contributed by atoms with Crippen LogP contribution in [0.3, 0.4) is 0 Å². The van der Waals surface area contributed by atoms with Gasteiger partial charge in [0.2, 0.25) is 0 Å². The fraction of sp³-hybridized carbons (Fsp3) is 0.625. The van der Waals surface area contributed by atoms with Gasteiger partial charge in [0.15, 0.2) is 0 Å². The van der Waals surface area contributed by atoms with Crippen LogP contribution in [0.1, 0.15) is 51.1 Å². The van der Waals surface area contributed by atoms with Crippen LogP contribution in [0.15, 0.2) is 18.2 Å². The molecule has 106 valence electrons. The van der Waals surface area contributed by atoms with E-state index in [1.54, 1.807) is 6.07 Å². The third-order valence-electron chi connectivity index (χ3n) is 4.60. The van der Waals surface area contributed by atoms with Crippen LogP contribution in [0.4, 0.5) is 8.78 Å². The largest absolute Gasteiger partial charge is 0.313 e. The predicted octanol–water partition coefficient (Wildman–Crippen LogP) is 4.44. The summed E-state index contributed by atoms with van der Waals surface area (Å²) in [4.78, 5) is 0. The summed E-state index contributed by atoms with van der Waals surface area (Å²) in [5.74, 6) is -0.578. The van der Waals surface area contributed by atoms with Gasteiger partial charge in [-0.1, -0.05) is 32.8 Å². The molecule has 0 spiro atoms. The lowest BCUT2D eigenvalue weighted by Gasteiger charge is -2.43. The predicted molar refractivity (Wildman–Crippen MR) is 73.9 cm³/mol. The number of nitrogens with one attached hydrogen (secondary N) is 1. The number of rotatable bonds is 3. The van der Waals surface area contributed by atoms with Gasteiger partial charge in [0, 0.05) is 17.7 Å². The molecule has 0 aliphatic heterocycles. The van der Waals surface area contributed by atoms with Gasteiger partial charge in [-0.15, -0.1) is 0 Å². The van der Waals surface area contributed by atoms with Crippen molar-refractivity contribution in [2.75, 3.05) is 7.05 Å². The molecule has 1 aromatic carbocycles. The Bertz CT molecular complexity index is 442. The fourth-order valence-electron chi connectivity index (χ4n) is 3.47. The van der Waals surface area contributed by atoms with Crippen molar-refractivity contribution in [3.05, 3.63) is 35.4 Å². The summed E-state index contributed by atoms with van der Waals surface area (Å²) < 4.78 is 27.1. The lowest BCUT2D eigenvalue weighted by molar-refractivity contribution is 0.0998. The van der Waals surface area contributed by atoms with Gasteiger partial charge >= 0.3 is 0 Å². The van der Waals surface area contributed by atoms with Crippen molar-refractivity contribution in [2.45, 2.75) is 45.6 Å². The zero-order valence-corrected chi connectivity index (χ0v) is 12.0. The Morgan fingerprint density at radius 3 is 2.58 bits per heavy atom. The first-order valence-corrected chi connectivity index (χ1v) is 7.08. The maximum atomic E-state index is 14.0. The Morgan fingerprint density at radius 2 is 2.00 bits per heavy atom. The molecule has 1 aliphatic carbocycles. The molecule has 2 rings (SSSR count). The molecule has 0 bridgehead atoms. The first kappa shape index (κ1) is 14.4. The van der Waals surface area contributed by atoms with Crippen molar-refractivity contribution in [1.29, 1.82) is 0 Å². The maximum absolute atomic E-state index is 14.0. The summed E-state index contributed by atoms with van der Waals surface area (Å²) in [6.45, 7) is 4.51. The molecule has 0 amide bonds. The summed E-state index contributed by atoms with van der Waals surface area (Å²) >= 11 is 0. The van der Waals surface area contributed by atoms with E-state index < -0.39 is 11.6 Å². The second-order valence-corrected chi connectivity index (χ2v) is 6.27. The van der Waals surface area contributed by atoms with Gasteiger partial charge < -0.3 is 5.32 Å². The molecular formula is C16H23F2N. The summed E-state index contributed by atoms with van der Waals surface area (Å²) in [6, 6.07) is 3.86. The van der Waals surface area contributed by atoms with Gasteiger partial charge in [-0.3, -0.25) is 0 Å². The summed E-state index contributed by atoms with van der Waals surface area (Å²) in [6.07, 6.45) is 4.69. The molecule has 3 heteroatoms. The van der Waals surface area contributed by atoms with Crippen LogP contribution < -0.4 is 5.32 Å². The van der Waals surface area contributed by atoms with Crippen LogP contribution in [0.2, 0.25) is 0 Å². The van der Waals surface area contributed by atoms with Crippen LogP contribution >= 0.6 is 0 Å². The molecule has 2 atom stereocenters. The molecule has 1 nitrogen and oxygen atoms in total. The first-order chi connectivity index (χ1) is 8.95. The number of hydrogen-bond donors (Lipinski definition) is 1. The molecule has 0 saturated heterocycles. The Hall–Kier alpha value is -0.960. The monoisotopic (exact) mass is 267 g/mol. The molecule has 1 aromatic rings. The minimum atomic E-state index is -0.515. The van der Waals surface area contributed by atoms with E-state index in [9.17, 15) is 8.78 Å². The van der Waals surface area contributed by atoms with E-state index >= 15 is 0 Å². The van der Waals surface area contributed by atoms with Crippen LogP contribution in [0.5, 0.6) is 0 Å². The zero-order valence-electron chi connectivity index (χ0n) is 12.0. The third-order valence-corrected chi connectivity index (χ3v) is 4.60. The number of hydrogen-bond acceptors (Lipinski definition) is 1. The van der Waals surface area contributed by atoms with Crippen molar-refractivity contribution >= 4 is 0 Å². The topological polar surface area (TPSA) is 12.0 Å². The second-order valence-electron chi connectivity index (χ2n) is 6.27.